The zero-order chi connectivity index (χ0) is 19.8. The molecule has 2 rings (SSSR count). The smallest absolute Gasteiger partial charge is 0.251 e. The largest absolute Gasteiger partial charge is 0.497 e. The molecule has 2 aromatic rings. The summed E-state index contributed by atoms with van der Waals surface area (Å²) in [6.07, 6.45) is 0. The fraction of sp³-hybridized carbons (Fsp3) is 0.389. The van der Waals surface area contributed by atoms with E-state index in [1.54, 1.807) is 37.1 Å². The van der Waals surface area contributed by atoms with Crippen LogP contribution in [0.5, 0.6) is 11.5 Å². The number of carbonyl (C=O) groups is 1. The van der Waals surface area contributed by atoms with Crippen molar-refractivity contribution >= 4 is 35.1 Å². The molecule has 0 aliphatic heterocycles. The van der Waals surface area contributed by atoms with Gasteiger partial charge in [-0.15, -0.1) is 0 Å². The number of methoxy groups -OCH3 is 2. The van der Waals surface area contributed by atoms with E-state index in [1.807, 2.05) is 0 Å². The van der Waals surface area contributed by atoms with E-state index in [4.69, 9.17) is 9.47 Å². The number of aromatic amines is 1. The predicted molar refractivity (Wildman–Crippen MR) is 110 cm³/mol. The molecule has 7 nitrogen and oxygen atoms in total. The molecule has 1 aromatic carbocycles. The molecule has 1 aromatic heterocycles. The Morgan fingerprint density at radius 2 is 2.04 bits per heavy atom. The number of anilines is 1. The number of ether oxygens (including phenoxy) is 2. The minimum Gasteiger partial charge on any atom is -0.497 e. The van der Waals surface area contributed by atoms with Crippen molar-refractivity contribution in [3.63, 3.8) is 0 Å². The van der Waals surface area contributed by atoms with Crippen molar-refractivity contribution in [3.8, 4) is 11.5 Å². The van der Waals surface area contributed by atoms with Crippen molar-refractivity contribution in [1.29, 1.82) is 0 Å². The molecule has 0 aliphatic rings. The number of thioether (sulfide) groups is 2. The van der Waals surface area contributed by atoms with Gasteiger partial charge in [0.15, 0.2) is 5.16 Å². The van der Waals surface area contributed by atoms with Gasteiger partial charge in [-0.1, -0.05) is 25.6 Å². The minimum atomic E-state index is -0.240. The molecule has 0 radical (unpaired) electrons. The van der Waals surface area contributed by atoms with Gasteiger partial charge in [0.2, 0.25) is 5.91 Å². The second-order valence-electron chi connectivity index (χ2n) is 5.80. The molecule has 146 valence electrons. The SMILES string of the molecule is COc1ccc(OC)c(NC(=O)CSc2nc(CSC(C)C)cc(=O)[nH]2)c1. The van der Waals surface area contributed by atoms with E-state index >= 15 is 0 Å². The molecule has 0 saturated heterocycles. The van der Waals surface area contributed by atoms with Crippen LogP contribution in [0.4, 0.5) is 5.69 Å². The highest BCUT2D eigenvalue weighted by molar-refractivity contribution is 7.99. The number of carbonyl (C=O) groups excluding carboxylic acids is 1. The first-order chi connectivity index (χ1) is 12.9. The highest BCUT2D eigenvalue weighted by Gasteiger charge is 2.11. The first-order valence-electron chi connectivity index (χ1n) is 8.27. The maximum absolute atomic E-state index is 12.3. The van der Waals surface area contributed by atoms with Gasteiger partial charge in [0.25, 0.3) is 5.56 Å². The second kappa shape index (κ2) is 10.3. The zero-order valence-electron chi connectivity index (χ0n) is 15.7. The van der Waals surface area contributed by atoms with Gasteiger partial charge in [0.1, 0.15) is 11.5 Å². The average Bonchev–Trinajstić information content (AvgIpc) is 2.64. The normalized spacial score (nSPS) is 10.7. The summed E-state index contributed by atoms with van der Waals surface area (Å²) in [6, 6.07) is 6.64. The monoisotopic (exact) mass is 409 g/mol. The van der Waals surface area contributed by atoms with Crippen molar-refractivity contribution in [1.82, 2.24) is 9.97 Å². The van der Waals surface area contributed by atoms with Gasteiger partial charge >= 0.3 is 0 Å². The summed E-state index contributed by atoms with van der Waals surface area (Å²) in [6.45, 7) is 4.18. The third-order valence-electron chi connectivity index (χ3n) is 3.36. The number of nitrogens with one attached hydrogen (secondary N) is 2. The summed E-state index contributed by atoms with van der Waals surface area (Å²) in [4.78, 5) is 31.1. The number of hydrogen-bond donors (Lipinski definition) is 2. The van der Waals surface area contributed by atoms with Crippen LogP contribution in [-0.4, -0.2) is 41.1 Å². The van der Waals surface area contributed by atoms with Gasteiger partial charge in [-0.3, -0.25) is 9.59 Å². The van der Waals surface area contributed by atoms with E-state index in [9.17, 15) is 9.59 Å². The maximum Gasteiger partial charge on any atom is 0.251 e. The molecule has 2 N–H and O–H groups in total. The first kappa shape index (κ1) is 21.2. The van der Waals surface area contributed by atoms with Gasteiger partial charge in [-0.05, 0) is 17.4 Å². The van der Waals surface area contributed by atoms with Crippen molar-refractivity contribution in [2.24, 2.45) is 0 Å². The molecule has 1 heterocycles. The summed E-state index contributed by atoms with van der Waals surface area (Å²) in [5.74, 6) is 1.66. The topological polar surface area (TPSA) is 93.3 Å². The quantitative estimate of drug-likeness (QED) is 0.485. The molecular weight excluding hydrogens is 386 g/mol. The lowest BCUT2D eigenvalue weighted by molar-refractivity contribution is -0.113. The molecule has 0 unspecified atom stereocenters. The zero-order valence-corrected chi connectivity index (χ0v) is 17.3. The first-order valence-corrected chi connectivity index (χ1v) is 10.3. The average molecular weight is 410 g/mol. The number of aromatic nitrogens is 2. The lowest BCUT2D eigenvalue weighted by Crippen LogP contribution is -2.16. The van der Waals surface area contributed by atoms with Crippen molar-refractivity contribution in [3.05, 3.63) is 40.3 Å². The standard InChI is InChI=1S/C18H23N3O4S2/c1-11(2)26-9-12-7-16(22)21-18(19-12)27-10-17(23)20-14-8-13(24-3)5-6-15(14)25-4/h5-8,11H,9-10H2,1-4H3,(H,20,23)(H,19,21,22). The molecular formula is C18H23N3O4S2. The fourth-order valence-corrected chi connectivity index (χ4v) is 3.46. The Morgan fingerprint density at radius 1 is 1.26 bits per heavy atom. The lowest BCUT2D eigenvalue weighted by atomic mass is 10.2. The molecule has 1 amide bonds. The lowest BCUT2D eigenvalue weighted by Gasteiger charge is -2.11. The van der Waals surface area contributed by atoms with Crippen LogP contribution in [0, 0.1) is 0 Å². The Labute approximate surface area is 166 Å². The Bertz CT molecular complexity index is 840. The summed E-state index contributed by atoms with van der Waals surface area (Å²) in [7, 11) is 3.08. The van der Waals surface area contributed by atoms with Crippen molar-refractivity contribution < 1.29 is 14.3 Å². The van der Waals surface area contributed by atoms with E-state index in [1.165, 1.54) is 24.9 Å². The summed E-state index contributed by atoms with van der Waals surface area (Å²) < 4.78 is 10.4. The van der Waals surface area contributed by atoms with Crippen molar-refractivity contribution in [2.75, 3.05) is 25.3 Å². The summed E-state index contributed by atoms with van der Waals surface area (Å²) in [5, 5.41) is 3.66. The Balaban J connectivity index is 2.00. The molecule has 0 aliphatic carbocycles. The van der Waals surface area contributed by atoms with Crippen molar-refractivity contribution in [2.45, 2.75) is 30.0 Å². The van der Waals surface area contributed by atoms with E-state index in [2.05, 4.69) is 29.1 Å². The molecule has 0 spiro atoms. The van der Waals surface area contributed by atoms with Gasteiger partial charge < -0.3 is 19.8 Å². The highest BCUT2D eigenvalue weighted by atomic mass is 32.2. The number of benzene rings is 1. The van der Waals surface area contributed by atoms with Gasteiger partial charge in [-0.2, -0.15) is 11.8 Å². The molecule has 0 fully saturated rings. The van der Waals surface area contributed by atoms with Crippen LogP contribution in [0.3, 0.4) is 0 Å². The number of nitrogens with zero attached hydrogens (tertiary/aromatic N) is 1. The number of rotatable bonds is 9. The predicted octanol–water partition coefficient (Wildman–Crippen LogP) is 3.16. The third-order valence-corrected chi connectivity index (χ3v) is 5.36. The van der Waals surface area contributed by atoms with Crippen LogP contribution in [0.15, 0.2) is 34.2 Å². The van der Waals surface area contributed by atoms with E-state index < -0.39 is 0 Å². The van der Waals surface area contributed by atoms with Crippen LogP contribution in [0.1, 0.15) is 19.5 Å². The Hall–Kier alpha value is -2.13. The number of amides is 1. The summed E-state index contributed by atoms with van der Waals surface area (Å²) in [5.41, 5.74) is 1.00. The van der Waals surface area contributed by atoms with Crippen LogP contribution in [0.2, 0.25) is 0 Å². The highest BCUT2D eigenvalue weighted by Crippen LogP contribution is 2.29. The van der Waals surface area contributed by atoms with Crippen LogP contribution in [0.25, 0.3) is 0 Å². The van der Waals surface area contributed by atoms with Crippen LogP contribution < -0.4 is 20.3 Å². The molecule has 27 heavy (non-hydrogen) atoms. The number of H-pyrrole nitrogens is 1. The molecule has 0 bridgehead atoms. The minimum absolute atomic E-state index is 0.101. The number of hydrogen-bond acceptors (Lipinski definition) is 7. The van der Waals surface area contributed by atoms with Gasteiger partial charge in [0, 0.05) is 17.9 Å². The fourth-order valence-electron chi connectivity index (χ4n) is 2.11. The Kier molecular flexibility index (Phi) is 8.05. The van der Waals surface area contributed by atoms with E-state index in [0.717, 1.165) is 0 Å². The Morgan fingerprint density at radius 3 is 2.70 bits per heavy atom. The van der Waals surface area contributed by atoms with E-state index in [-0.39, 0.29) is 17.2 Å². The maximum atomic E-state index is 12.3. The van der Waals surface area contributed by atoms with Gasteiger partial charge in [0.05, 0.1) is 31.4 Å². The second-order valence-corrected chi connectivity index (χ2v) is 8.33. The van der Waals surface area contributed by atoms with Crippen LogP contribution in [-0.2, 0) is 10.5 Å². The van der Waals surface area contributed by atoms with E-state index in [0.29, 0.717) is 39.0 Å². The van der Waals surface area contributed by atoms with Gasteiger partial charge in [-0.25, -0.2) is 4.98 Å². The molecule has 0 saturated carbocycles. The van der Waals surface area contributed by atoms with Crippen LogP contribution >= 0.6 is 23.5 Å². The third kappa shape index (κ3) is 6.84. The molecule has 9 heteroatoms. The molecule has 0 atom stereocenters. The summed E-state index contributed by atoms with van der Waals surface area (Å²) >= 11 is 2.88.